The molecule has 1 saturated carbocycles. The first-order chi connectivity index (χ1) is 8.70. The van der Waals surface area contributed by atoms with E-state index >= 15 is 0 Å². The molecule has 0 radical (unpaired) electrons. The third-order valence-electron chi connectivity index (χ3n) is 4.09. The van der Waals surface area contributed by atoms with Crippen molar-refractivity contribution in [1.82, 2.24) is 5.32 Å². The molecular formula is C16H26N2. The lowest BCUT2D eigenvalue weighted by molar-refractivity contribution is 0.340. The summed E-state index contributed by atoms with van der Waals surface area (Å²) in [5, 5.41) is 3.76. The first-order valence-corrected chi connectivity index (χ1v) is 7.24. The van der Waals surface area contributed by atoms with Crippen LogP contribution >= 0.6 is 0 Å². The first-order valence-electron chi connectivity index (χ1n) is 7.24. The van der Waals surface area contributed by atoms with Gasteiger partial charge in [-0.2, -0.15) is 0 Å². The molecule has 1 unspecified atom stereocenters. The summed E-state index contributed by atoms with van der Waals surface area (Å²) in [5.74, 6) is 0. The molecule has 0 aromatic heterocycles. The van der Waals surface area contributed by atoms with Crippen molar-refractivity contribution in [1.29, 1.82) is 0 Å². The number of benzene rings is 1. The maximum absolute atomic E-state index is 5.98. The molecule has 2 heteroatoms. The quantitative estimate of drug-likeness (QED) is 0.856. The van der Waals surface area contributed by atoms with Crippen LogP contribution in [0.5, 0.6) is 0 Å². The Morgan fingerprint density at radius 1 is 1.22 bits per heavy atom. The zero-order chi connectivity index (χ0) is 13.0. The summed E-state index contributed by atoms with van der Waals surface area (Å²) < 4.78 is 0. The Morgan fingerprint density at radius 2 is 1.94 bits per heavy atom. The van der Waals surface area contributed by atoms with Gasteiger partial charge in [0.05, 0.1) is 0 Å². The predicted molar refractivity (Wildman–Crippen MR) is 77.7 cm³/mol. The Balaban J connectivity index is 2.09. The summed E-state index contributed by atoms with van der Waals surface area (Å²) in [6.45, 7) is 5.01. The molecule has 0 bridgehead atoms. The number of rotatable bonds is 4. The van der Waals surface area contributed by atoms with E-state index in [1.165, 1.54) is 48.8 Å². The maximum Gasteiger partial charge on any atom is 0.0449 e. The molecule has 0 saturated heterocycles. The molecule has 1 aromatic carbocycles. The predicted octanol–water partition coefficient (Wildman–Crippen LogP) is 3.23. The van der Waals surface area contributed by atoms with E-state index in [0.29, 0.717) is 18.6 Å². The van der Waals surface area contributed by atoms with E-state index in [4.69, 9.17) is 5.73 Å². The molecule has 0 aliphatic heterocycles. The number of hydrogen-bond donors (Lipinski definition) is 2. The summed E-state index contributed by atoms with van der Waals surface area (Å²) in [4.78, 5) is 0. The van der Waals surface area contributed by atoms with Crippen molar-refractivity contribution in [3.05, 3.63) is 34.9 Å². The van der Waals surface area contributed by atoms with E-state index in [-0.39, 0.29) is 0 Å². The zero-order valence-corrected chi connectivity index (χ0v) is 11.7. The van der Waals surface area contributed by atoms with Crippen molar-refractivity contribution in [3.63, 3.8) is 0 Å². The van der Waals surface area contributed by atoms with E-state index in [1.54, 1.807) is 0 Å². The highest BCUT2D eigenvalue weighted by Crippen LogP contribution is 2.23. The third kappa shape index (κ3) is 3.33. The fourth-order valence-electron chi connectivity index (χ4n) is 2.97. The molecule has 2 nitrogen and oxygen atoms in total. The van der Waals surface area contributed by atoms with Crippen LogP contribution in [0.15, 0.2) is 18.2 Å². The lowest BCUT2D eigenvalue weighted by atomic mass is 9.92. The van der Waals surface area contributed by atoms with Crippen molar-refractivity contribution in [3.8, 4) is 0 Å². The van der Waals surface area contributed by atoms with E-state index in [2.05, 4.69) is 37.4 Å². The minimum atomic E-state index is 0.313. The van der Waals surface area contributed by atoms with Crippen molar-refractivity contribution >= 4 is 0 Å². The SMILES string of the molecule is Cc1ccc(C)c(C(CN)NC2CCCCC2)c1. The highest BCUT2D eigenvalue weighted by atomic mass is 15.0. The number of aryl methyl sites for hydroxylation is 2. The van der Waals surface area contributed by atoms with Gasteiger partial charge in [-0.25, -0.2) is 0 Å². The van der Waals surface area contributed by atoms with Crippen LogP contribution in [0.25, 0.3) is 0 Å². The molecule has 100 valence electrons. The molecular weight excluding hydrogens is 220 g/mol. The van der Waals surface area contributed by atoms with Crippen molar-refractivity contribution in [2.24, 2.45) is 5.73 Å². The average Bonchev–Trinajstić information content (AvgIpc) is 2.40. The van der Waals surface area contributed by atoms with E-state index in [9.17, 15) is 0 Å². The minimum Gasteiger partial charge on any atom is -0.329 e. The Morgan fingerprint density at radius 3 is 2.61 bits per heavy atom. The lowest BCUT2D eigenvalue weighted by Gasteiger charge is -2.29. The summed E-state index contributed by atoms with van der Waals surface area (Å²) in [6.07, 6.45) is 6.74. The molecule has 1 aromatic rings. The summed E-state index contributed by atoms with van der Waals surface area (Å²) in [7, 11) is 0. The Labute approximate surface area is 111 Å². The van der Waals surface area contributed by atoms with Crippen LogP contribution in [0, 0.1) is 13.8 Å². The van der Waals surface area contributed by atoms with Gasteiger partial charge >= 0.3 is 0 Å². The molecule has 3 N–H and O–H groups in total. The number of hydrogen-bond acceptors (Lipinski definition) is 2. The van der Waals surface area contributed by atoms with Gasteiger partial charge in [0.1, 0.15) is 0 Å². The fourth-order valence-corrected chi connectivity index (χ4v) is 2.97. The van der Waals surface area contributed by atoms with Gasteiger partial charge in [-0.15, -0.1) is 0 Å². The molecule has 1 aliphatic carbocycles. The van der Waals surface area contributed by atoms with Crippen molar-refractivity contribution in [2.75, 3.05) is 6.54 Å². The monoisotopic (exact) mass is 246 g/mol. The van der Waals surface area contributed by atoms with Crippen molar-refractivity contribution < 1.29 is 0 Å². The van der Waals surface area contributed by atoms with Crippen LogP contribution in [-0.2, 0) is 0 Å². The summed E-state index contributed by atoms with van der Waals surface area (Å²) in [6, 6.07) is 7.63. The Kier molecular flexibility index (Phi) is 4.79. The van der Waals surface area contributed by atoms with E-state index in [0.717, 1.165) is 0 Å². The second-order valence-electron chi connectivity index (χ2n) is 5.65. The maximum atomic E-state index is 5.98. The van der Waals surface area contributed by atoms with Crippen LogP contribution in [0.4, 0.5) is 0 Å². The highest BCUT2D eigenvalue weighted by molar-refractivity contribution is 5.33. The lowest BCUT2D eigenvalue weighted by Crippen LogP contribution is -2.38. The normalized spacial score (nSPS) is 18.8. The molecule has 1 fully saturated rings. The second-order valence-corrected chi connectivity index (χ2v) is 5.65. The van der Waals surface area contributed by atoms with Crippen LogP contribution in [0.2, 0.25) is 0 Å². The molecule has 2 rings (SSSR count). The van der Waals surface area contributed by atoms with Gasteiger partial charge in [0.25, 0.3) is 0 Å². The van der Waals surface area contributed by atoms with Gasteiger partial charge in [0, 0.05) is 18.6 Å². The standard InChI is InChI=1S/C16H26N2/c1-12-8-9-13(2)15(10-12)16(11-17)18-14-6-4-3-5-7-14/h8-10,14,16,18H,3-7,11,17H2,1-2H3. The molecule has 18 heavy (non-hydrogen) atoms. The van der Waals surface area contributed by atoms with Crippen LogP contribution in [0.1, 0.15) is 54.8 Å². The molecule has 0 amide bonds. The van der Waals surface area contributed by atoms with Gasteiger partial charge in [-0.05, 0) is 37.8 Å². The van der Waals surface area contributed by atoms with Crippen LogP contribution in [-0.4, -0.2) is 12.6 Å². The van der Waals surface area contributed by atoms with Crippen LogP contribution in [0.3, 0.4) is 0 Å². The molecule has 1 atom stereocenters. The fraction of sp³-hybridized carbons (Fsp3) is 0.625. The largest absolute Gasteiger partial charge is 0.329 e. The minimum absolute atomic E-state index is 0.313. The molecule has 0 spiro atoms. The van der Waals surface area contributed by atoms with Gasteiger partial charge < -0.3 is 11.1 Å². The zero-order valence-electron chi connectivity index (χ0n) is 11.7. The number of nitrogens with two attached hydrogens (primary N) is 1. The Bertz CT molecular complexity index is 381. The van der Waals surface area contributed by atoms with Gasteiger partial charge in [0.2, 0.25) is 0 Å². The molecule has 0 heterocycles. The van der Waals surface area contributed by atoms with Crippen LogP contribution < -0.4 is 11.1 Å². The summed E-state index contributed by atoms with van der Waals surface area (Å²) in [5.41, 5.74) is 10.0. The first kappa shape index (κ1) is 13.6. The van der Waals surface area contributed by atoms with Crippen molar-refractivity contribution in [2.45, 2.75) is 58.0 Å². The van der Waals surface area contributed by atoms with E-state index in [1.807, 2.05) is 0 Å². The number of nitrogens with one attached hydrogen (secondary N) is 1. The molecule has 1 aliphatic rings. The second kappa shape index (κ2) is 6.35. The highest BCUT2D eigenvalue weighted by Gasteiger charge is 2.19. The Hall–Kier alpha value is -0.860. The smallest absolute Gasteiger partial charge is 0.0449 e. The summed E-state index contributed by atoms with van der Waals surface area (Å²) >= 11 is 0. The average molecular weight is 246 g/mol. The van der Waals surface area contributed by atoms with Gasteiger partial charge in [0.15, 0.2) is 0 Å². The van der Waals surface area contributed by atoms with Gasteiger partial charge in [-0.3, -0.25) is 0 Å². The van der Waals surface area contributed by atoms with E-state index < -0.39 is 0 Å². The third-order valence-corrected chi connectivity index (χ3v) is 4.09. The topological polar surface area (TPSA) is 38.0 Å². The van der Waals surface area contributed by atoms with Gasteiger partial charge in [-0.1, -0.05) is 43.0 Å².